The lowest BCUT2D eigenvalue weighted by atomic mass is 9.81. The van der Waals surface area contributed by atoms with Crippen LogP contribution >= 0.6 is 0 Å². The molecule has 1 aliphatic rings. The van der Waals surface area contributed by atoms with Crippen LogP contribution in [0.5, 0.6) is 5.75 Å². The highest BCUT2D eigenvalue weighted by atomic mass is 16.5. The molecule has 0 spiro atoms. The third-order valence-corrected chi connectivity index (χ3v) is 5.18. The first-order valence-corrected chi connectivity index (χ1v) is 9.26. The maximum atomic E-state index is 5.27. The van der Waals surface area contributed by atoms with Crippen LogP contribution < -0.4 is 10.1 Å². The second kappa shape index (κ2) is 8.89. The highest BCUT2D eigenvalue weighted by Gasteiger charge is 2.22. The molecule has 3 rings (SSSR count). The molecule has 1 N–H and O–H groups in total. The van der Waals surface area contributed by atoms with Crippen LogP contribution in [0.15, 0.2) is 54.6 Å². The van der Waals surface area contributed by atoms with Gasteiger partial charge >= 0.3 is 0 Å². The van der Waals surface area contributed by atoms with E-state index < -0.39 is 0 Å². The molecular weight excluding hydrogens is 294 g/mol. The Kier molecular flexibility index (Phi) is 6.31. The zero-order valence-corrected chi connectivity index (χ0v) is 14.7. The van der Waals surface area contributed by atoms with Crippen LogP contribution in [0.2, 0.25) is 0 Å². The fourth-order valence-corrected chi connectivity index (χ4v) is 3.80. The summed E-state index contributed by atoms with van der Waals surface area (Å²) in [5.41, 5.74) is 2.91. The average molecular weight is 323 g/mol. The van der Waals surface area contributed by atoms with Crippen molar-refractivity contribution in [3.8, 4) is 5.75 Å². The van der Waals surface area contributed by atoms with Crippen LogP contribution in [0, 0.1) is 0 Å². The maximum absolute atomic E-state index is 5.27. The van der Waals surface area contributed by atoms with Gasteiger partial charge in [0.1, 0.15) is 5.75 Å². The van der Waals surface area contributed by atoms with Gasteiger partial charge in [-0.15, -0.1) is 0 Å². The molecule has 2 unspecified atom stereocenters. The third kappa shape index (κ3) is 4.85. The molecule has 24 heavy (non-hydrogen) atoms. The van der Waals surface area contributed by atoms with Gasteiger partial charge in [0, 0.05) is 6.04 Å². The highest BCUT2D eigenvalue weighted by molar-refractivity contribution is 5.29. The lowest BCUT2D eigenvalue weighted by Crippen LogP contribution is -2.34. The van der Waals surface area contributed by atoms with Crippen LogP contribution in [-0.2, 0) is 6.42 Å². The predicted molar refractivity (Wildman–Crippen MR) is 101 cm³/mol. The molecule has 0 radical (unpaired) electrons. The van der Waals surface area contributed by atoms with Gasteiger partial charge in [0.05, 0.1) is 7.11 Å². The van der Waals surface area contributed by atoms with Crippen molar-refractivity contribution in [1.29, 1.82) is 0 Å². The molecule has 1 fully saturated rings. The zero-order chi connectivity index (χ0) is 16.6. The number of ether oxygens (including phenoxy) is 1. The predicted octanol–water partition coefficient (Wildman–Crippen LogP) is 4.94. The van der Waals surface area contributed by atoms with Gasteiger partial charge in [0.2, 0.25) is 0 Å². The molecule has 0 heterocycles. The van der Waals surface area contributed by atoms with Crippen molar-refractivity contribution in [3.05, 3.63) is 65.7 Å². The van der Waals surface area contributed by atoms with E-state index in [1.54, 1.807) is 7.11 Å². The van der Waals surface area contributed by atoms with Crippen LogP contribution in [-0.4, -0.2) is 19.7 Å². The van der Waals surface area contributed by atoms with Gasteiger partial charge in [-0.2, -0.15) is 0 Å². The zero-order valence-electron chi connectivity index (χ0n) is 14.7. The summed E-state index contributed by atoms with van der Waals surface area (Å²) in [5, 5.41) is 3.79. The van der Waals surface area contributed by atoms with Crippen LogP contribution in [0.1, 0.15) is 49.1 Å². The third-order valence-electron chi connectivity index (χ3n) is 5.18. The standard InChI is InChI=1S/C22H29NO/c1-24-22-14-12-19(13-15-22)20-10-5-11-21(17-20)23-16-6-9-18-7-3-2-4-8-18/h2-4,7-8,12-15,20-21,23H,5-6,9-11,16-17H2,1H3. The van der Waals surface area contributed by atoms with Gasteiger partial charge in [0.15, 0.2) is 0 Å². The van der Waals surface area contributed by atoms with Crippen molar-refractivity contribution in [3.63, 3.8) is 0 Å². The second-order valence-corrected chi connectivity index (χ2v) is 6.88. The van der Waals surface area contributed by atoms with E-state index in [1.165, 1.54) is 49.7 Å². The van der Waals surface area contributed by atoms with Crippen molar-refractivity contribution in [2.75, 3.05) is 13.7 Å². The molecule has 0 saturated heterocycles. The van der Waals surface area contributed by atoms with Gasteiger partial charge in [-0.1, -0.05) is 48.9 Å². The van der Waals surface area contributed by atoms with Crippen LogP contribution in [0.4, 0.5) is 0 Å². The topological polar surface area (TPSA) is 21.3 Å². The van der Waals surface area contributed by atoms with Gasteiger partial charge in [-0.25, -0.2) is 0 Å². The monoisotopic (exact) mass is 323 g/mol. The summed E-state index contributed by atoms with van der Waals surface area (Å²) in [5.74, 6) is 1.64. The molecule has 2 heteroatoms. The van der Waals surface area contributed by atoms with Crippen molar-refractivity contribution in [2.45, 2.75) is 50.5 Å². The molecule has 0 aliphatic heterocycles. The summed E-state index contributed by atoms with van der Waals surface area (Å²) in [6, 6.07) is 20.1. The van der Waals surface area contributed by atoms with Gasteiger partial charge in [-0.3, -0.25) is 0 Å². The molecule has 1 saturated carbocycles. The number of nitrogens with one attached hydrogen (secondary N) is 1. The van der Waals surface area contributed by atoms with Gasteiger partial charge in [-0.05, 0) is 67.8 Å². The Hall–Kier alpha value is -1.80. The number of benzene rings is 2. The largest absolute Gasteiger partial charge is 0.497 e. The van der Waals surface area contributed by atoms with Crippen molar-refractivity contribution in [1.82, 2.24) is 5.32 Å². The Bertz CT molecular complexity index is 593. The van der Waals surface area contributed by atoms with E-state index in [0.717, 1.165) is 12.3 Å². The van der Waals surface area contributed by atoms with E-state index in [4.69, 9.17) is 4.74 Å². The Morgan fingerprint density at radius 3 is 2.54 bits per heavy atom. The fraction of sp³-hybridized carbons (Fsp3) is 0.455. The smallest absolute Gasteiger partial charge is 0.118 e. The number of rotatable bonds is 7. The van der Waals surface area contributed by atoms with E-state index in [1.807, 2.05) is 0 Å². The molecule has 0 amide bonds. The van der Waals surface area contributed by atoms with E-state index in [-0.39, 0.29) is 0 Å². The minimum Gasteiger partial charge on any atom is -0.497 e. The first kappa shape index (κ1) is 17.0. The molecule has 2 aromatic rings. The lowest BCUT2D eigenvalue weighted by molar-refractivity contribution is 0.338. The maximum Gasteiger partial charge on any atom is 0.118 e. The summed E-state index contributed by atoms with van der Waals surface area (Å²) >= 11 is 0. The van der Waals surface area contributed by atoms with Crippen LogP contribution in [0.25, 0.3) is 0 Å². The van der Waals surface area contributed by atoms with E-state index in [9.17, 15) is 0 Å². The fourth-order valence-electron chi connectivity index (χ4n) is 3.80. The quantitative estimate of drug-likeness (QED) is 0.728. The van der Waals surface area contributed by atoms with Gasteiger partial charge < -0.3 is 10.1 Å². The number of hydrogen-bond acceptors (Lipinski definition) is 2. The number of hydrogen-bond donors (Lipinski definition) is 1. The summed E-state index contributed by atoms with van der Waals surface area (Å²) in [7, 11) is 1.73. The Balaban J connectivity index is 1.43. The molecule has 0 bridgehead atoms. The molecule has 1 aliphatic carbocycles. The summed E-state index contributed by atoms with van der Waals surface area (Å²) < 4.78 is 5.27. The molecular formula is C22H29NO. The Labute approximate surface area is 146 Å². The summed E-state index contributed by atoms with van der Waals surface area (Å²) in [6.07, 6.45) is 7.60. The first-order valence-electron chi connectivity index (χ1n) is 9.26. The lowest BCUT2D eigenvalue weighted by Gasteiger charge is -2.30. The van der Waals surface area contributed by atoms with E-state index in [0.29, 0.717) is 12.0 Å². The van der Waals surface area contributed by atoms with Gasteiger partial charge in [0.25, 0.3) is 0 Å². The molecule has 2 atom stereocenters. The molecule has 2 nitrogen and oxygen atoms in total. The number of aryl methyl sites for hydroxylation is 1. The second-order valence-electron chi connectivity index (χ2n) is 6.88. The normalized spacial score (nSPS) is 20.7. The summed E-state index contributed by atoms with van der Waals surface area (Å²) in [6.45, 7) is 1.12. The van der Waals surface area contributed by atoms with Crippen molar-refractivity contribution in [2.24, 2.45) is 0 Å². The van der Waals surface area contributed by atoms with E-state index in [2.05, 4.69) is 59.9 Å². The minimum absolute atomic E-state index is 0.668. The number of methoxy groups -OCH3 is 1. The summed E-state index contributed by atoms with van der Waals surface area (Å²) in [4.78, 5) is 0. The molecule has 128 valence electrons. The Morgan fingerprint density at radius 2 is 1.79 bits per heavy atom. The minimum atomic E-state index is 0.668. The SMILES string of the molecule is COc1ccc(C2CCCC(NCCCc3ccccc3)C2)cc1. The van der Waals surface area contributed by atoms with Crippen LogP contribution in [0.3, 0.4) is 0 Å². The molecule has 0 aromatic heterocycles. The van der Waals surface area contributed by atoms with Crippen molar-refractivity contribution >= 4 is 0 Å². The van der Waals surface area contributed by atoms with Crippen molar-refractivity contribution < 1.29 is 4.74 Å². The highest BCUT2D eigenvalue weighted by Crippen LogP contribution is 2.33. The Morgan fingerprint density at radius 1 is 1.00 bits per heavy atom. The van der Waals surface area contributed by atoms with E-state index >= 15 is 0 Å². The first-order chi connectivity index (χ1) is 11.8. The average Bonchev–Trinajstić information content (AvgIpc) is 2.66. The molecule has 2 aromatic carbocycles.